The monoisotopic (exact) mass is 124 g/mol. The first-order chi connectivity index (χ1) is 4.38. The molecule has 0 aromatic rings. The fourth-order valence-electron chi connectivity index (χ4n) is 1.41. The highest BCUT2D eigenvalue weighted by Gasteiger charge is 2.18. The summed E-state index contributed by atoms with van der Waals surface area (Å²) in [4.78, 5) is 10.3. The molecule has 0 bridgehead atoms. The van der Waals surface area contributed by atoms with Gasteiger partial charge in [0.1, 0.15) is 6.29 Å². The second kappa shape index (κ2) is 2.81. The van der Waals surface area contributed by atoms with Crippen molar-refractivity contribution < 1.29 is 4.79 Å². The Bertz CT molecular complexity index is 136. The summed E-state index contributed by atoms with van der Waals surface area (Å²) in [7, 11) is 0. The number of rotatable bonds is 1. The molecule has 0 heterocycles. The summed E-state index contributed by atoms with van der Waals surface area (Å²) in [6.45, 7) is 2.01. The summed E-state index contributed by atoms with van der Waals surface area (Å²) in [6, 6.07) is 0. The summed E-state index contributed by atoms with van der Waals surface area (Å²) < 4.78 is 0. The highest BCUT2D eigenvalue weighted by molar-refractivity contribution is 5.59. The molecule has 50 valence electrons. The molecule has 1 aliphatic rings. The van der Waals surface area contributed by atoms with Gasteiger partial charge in [-0.1, -0.05) is 11.6 Å². The predicted molar refractivity (Wildman–Crippen MR) is 37.2 cm³/mol. The standard InChI is InChI=1S/C8H12O/c1-2-7-4-3-5-8(7)6-9/h2,6,8H,3-5H2,1H3/b7-2+/t8-/m0/s1. The van der Waals surface area contributed by atoms with Gasteiger partial charge in [0.2, 0.25) is 0 Å². The zero-order valence-electron chi connectivity index (χ0n) is 5.76. The molecule has 1 heteroatoms. The van der Waals surface area contributed by atoms with Crippen molar-refractivity contribution in [2.24, 2.45) is 5.92 Å². The van der Waals surface area contributed by atoms with Crippen LogP contribution in [-0.4, -0.2) is 6.29 Å². The maximum Gasteiger partial charge on any atom is 0.127 e. The van der Waals surface area contributed by atoms with E-state index in [4.69, 9.17) is 0 Å². The van der Waals surface area contributed by atoms with Crippen molar-refractivity contribution in [2.75, 3.05) is 0 Å². The number of carbonyl (C=O) groups excluding carboxylic acids is 1. The zero-order valence-corrected chi connectivity index (χ0v) is 5.76. The maximum absolute atomic E-state index is 10.3. The molecule has 1 fully saturated rings. The molecule has 1 atom stereocenters. The van der Waals surface area contributed by atoms with Crippen LogP contribution in [0.2, 0.25) is 0 Å². The van der Waals surface area contributed by atoms with Crippen molar-refractivity contribution in [3.63, 3.8) is 0 Å². The van der Waals surface area contributed by atoms with Crippen LogP contribution in [0.15, 0.2) is 11.6 Å². The van der Waals surface area contributed by atoms with Crippen molar-refractivity contribution in [2.45, 2.75) is 26.2 Å². The molecular formula is C8H12O. The van der Waals surface area contributed by atoms with E-state index in [1.54, 1.807) is 0 Å². The van der Waals surface area contributed by atoms with Gasteiger partial charge in [-0.05, 0) is 26.2 Å². The molecule has 9 heavy (non-hydrogen) atoms. The van der Waals surface area contributed by atoms with E-state index in [2.05, 4.69) is 6.08 Å². The SMILES string of the molecule is C/C=C1\CCC[C@H]1C=O. The second-order valence-electron chi connectivity index (χ2n) is 2.50. The third-order valence-corrected chi connectivity index (χ3v) is 1.99. The molecule has 0 radical (unpaired) electrons. The first kappa shape index (κ1) is 6.53. The average Bonchev–Trinajstić information content (AvgIpc) is 2.33. The van der Waals surface area contributed by atoms with Gasteiger partial charge in [-0.3, -0.25) is 0 Å². The summed E-state index contributed by atoms with van der Waals surface area (Å²) in [5.74, 6) is 0.259. The van der Waals surface area contributed by atoms with Gasteiger partial charge < -0.3 is 4.79 Å². The molecule has 1 nitrogen and oxygen atoms in total. The topological polar surface area (TPSA) is 17.1 Å². The van der Waals surface area contributed by atoms with E-state index >= 15 is 0 Å². The van der Waals surface area contributed by atoms with Gasteiger partial charge in [0, 0.05) is 5.92 Å². The third-order valence-electron chi connectivity index (χ3n) is 1.99. The Morgan fingerprint density at radius 1 is 1.67 bits per heavy atom. The lowest BCUT2D eigenvalue weighted by Gasteiger charge is -1.98. The normalized spacial score (nSPS) is 31.2. The van der Waals surface area contributed by atoms with E-state index in [0.717, 1.165) is 19.1 Å². The first-order valence-electron chi connectivity index (χ1n) is 3.49. The van der Waals surface area contributed by atoms with Crippen molar-refractivity contribution in [3.05, 3.63) is 11.6 Å². The summed E-state index contributed by atoms with van der Waals surface area (Å²) in [6.07, 6.45) is 6.56. The number of carbonyl (C=O) groups is 1. The van der Waals surface area contributed by atoms with Crippen LogP contribution >= 0.6 is 0 Å². The number of allylic oxidation sites excluding steroid dienone is 2. The van der Waals surface area contributed by atoms with Crippen LogP contribution in [0.4, 0.5) is 0 Å². The van der Waals surface area contributed by atoms with Gasteiger partial charge in [-0.15, -0.1) is 0 Å². The molecule has 0 N–H and O–H groups in total. The van der Waals surface area contributed by atoms with E-state index in [1.807, 2.05) is 6.92 Å². The smallest absolute Gasteiger partial charge is 0.127 e. The van der Waals surface area contributed by atoms with Crippen molar-refractivity contribution in [1.29, 1.82) is 0 Å². The molecule has 0 unspecified atom stereocenters. The largest absolute Gasteiger partial charge is 0.303 e. The van der Waals surface area contributed by atoms with E-state index in [-0.39, 0.29) is 5.92 Å². The highest BCUT2D eigenvalue weighted by atomic mass is 16.1. The van der Waals surface area contributed by atoms with Crippen molar-refractivity contribution >= 4 is 6.29 Å². The molecule has 1 rings (SSSR count). The van der Waals surface area contributed by atoms with Crippen LogP contribution in [-0.2, 0) is 4.79 Å². The zero-order chi connectivity index (χ0) is 6.69. The molecule has 0 saturated heterocycles. The molecule has 1 aliphatic carbocycles. The van der Waals surface area contributed by atoms with Crippen LogP contribution in [0.25, 0.3) is 0 Å². The van der Waals surface area contributed by atoms with Crippen LogP contribution in [0.3, 0.4) is 0 Å². The fourth-order valence-corrected chi connectivity index (χ4v) is 1.41. The maximum atomic E-state index is 10.3. The number of hydrogen-bond donors (Lipinski definition) is 0. The van der Waals surface area contributed by atoms with Crippen LogP contribution < -0.4 is 0 Å². The minimum atomic E-state index is 0.259. The van der Waals surface area contributed by atoms with Gasteiger partial charge in [-0.2, -0.15) is 0 Å². The molecule has 0 aliphatic heterocycles. The van der Waals surface area contributed by atoms with Gasteiger partial charge in [0.25, 0.3) is 0 Å². The number of aldehydes is 1. The van der Waals surface area contributed by atoms with E-state index in [1.165, 1.54) is 12.0 Å². The minimum Gasteiger partial charge on any atom is -0.303 e. The summed E-state index contributed by atoms with van der Waals surface area (Å²) in [5, 5.41) is 0. The van der Waals surface area contributed by atoms with Crippen molar-refractivity contribution in [1.82, 2.24) is 0 Å². The Hall–Kier alpha value is -0.590. The lowest BCUT2D eigenvalue weighted by molar-refractivity contribution is -0.110. The molecule has 0 spiro atoms. The lowest BCUT2D eigenvalue weighted by Crippen LogP contribution is -1.96. The van der Waals surface area contributed by atoms with Crippen LogP contribution in [0.1, 0.15) is 26.2 Å². The quantitative estimate of drug-likeness (QED) is 0.385. The minimum absolute atomic E-state index is 0.259. The van der Waals surface area contributed by atoms with E-state index in [0.29, 0.717) is 0 Å². The Morgan fingerprint density at radius 3 is 2.89 bits per heavy atom. The van der Waals surface area contributed by atoms with Gasteiger partial charge in [0.15, 0.2) is 0 Å². The molecule has 0 aromatic heterocycles. The molecule has 1 saturated carbocycles. The van der Waals surface area contributed by atoms with Gasteiger partial charge in [0.05, 0.1) is 0 Å². The average molecular weight is 124 g/mol. The third kappa shape index (κ3) is 1.21. The van der Waals surface area contributed by atoms with E-state index < -0.39 is 0 Å². The molecule has 0 aromatic carbocycles. The Kier molecular flexibility index (Phi) is 2.04. The van der Waals surface area contributed by atoms with Crippen LogP contribution in [0, 0.1) is 5.92 Å². The fraction of sp³-hybridized carbons (Fsp3) is 0.625. The lowest BCUT2D eigenvalue weighted by atomic mass is 10.1. The number of hydrogen-bond acceptors (Lipinski definition) is 1. The summed E-state index contributed by atoms with van der Waals surface area (Å²) in [5.41, 5.74) is 1.34. The second-order valence-corrected chi connectivity index (χ2v) is 2.50. The Balaban J connectivity index is 2.62. The predicted octanol–water partition coefficient (Wildman–Crippen LogP) is 1.93. The molecular weight excluding hydrogens is 112 g/mol. The Labute approximate surface area is 55.8 Å². The highest BCUT2D eigenvalue weighted by Crippen LogP contribution is 2.28. The molecule has 0 amide bonds. The van der Waals surface area contributed by atoms with Crippen LogP contribution in [0.5, 0.6) is 0 Å². The van der Waals surface area contributed by atoms with Gasteiger partial charge >= 0.3 is 0 Å². The van der Waals surface area contributed by atoms with E-state index in [9.17, 15) is 4.79 Å². The first-order valence-corrected chi connectivity index (χ1v) is 3.49. The summed E-state index contributed by atoms with van der Waals surface area (Å²) >= 11 is 0. The van der Waals surface area contributed by atoms with Gasteiger partial charge in [-0.25, -0.2) is 0 Å². The Morgan fingerprint density at radius 2 is 2.44 bits per heavy atom. The van der Waals surface area contributed by atoms with Crippen molar-refractivity contribution in [3.8, 4) is 0 Å².